The summed E-state index contributed by atoms with van der Waals surface area (Å²) in [5.74, 6) is 2.13. The minimum Gasteiger partial charge on any atom is -0.373 e. The van der Waals surface area contributed by atoms with Gasteiger partial charge in [-0.05, 0) is 36.3 Å². The highest BCUT2D eigenvalue weighted by Crippen LogP contribution is 2.56. The average molecular weight is 312 g/mol. The predicted octanol–water partition coefficient (Wildman–Crippen LogP) is 3.94. The van der Waals surface area contributed by atoms with Crippen LogP contribution < -0.4 is 5.73 Å². The second kappa shape index (κ2) is 7.21. The Morgan fingerprint density at radius 1 is 1.20 bits per heavy atom. The lowest BCUT2D eigenvalue weighted by molar-refractivity contribution is 0.0218. The summed E-state index contributed by atoms with van der Waals surface area (Å²) >= 11 is 3.63. The van der Waals surface area contributed by atoms with Crippen molar-refractivity contribution >= 4 is 23.5 Å². The van der Waals surface area contributed by atoms with Gasteiger partial charge in [0.1, 0.15) is 9.80 Å². The largest absolute Gasteiger partial charge is 0.373 e. The third kappa shape index (κ3) is 3.35. The van der Waals surface area contributed by atoms with Crippen molar-refractivity contribution < 1.29 is 5.11 Å². The topological polar surface area (TPSA) is 46.2 Å². The number of rotatable bonds is 6. The van der Waals surface area contributed by atoms with Crippen molar-refractivity contribution in [3.8, 4) is 0 Å². The summed E-state index contributed by atoms with van der Waals surface area (Å²) in [6.45, 7) is 2.17. The van der Waals surface area contributed by atoms with E-state index in [1.807, 2.05) is 41.7 Å². The van der Waals surface area contributed by atoms with Crippen LogP contribution in [0.3, 0.4) is 0 Å². The summed E-state index contributed by atoms with van der Waals surface area (Å²) in [6.07, 6.45) is 5.11. The van der Waals surface area contributed by atoms with E-state index in [-0.39, 0.29) is 0 Å². The molecule has 1 atom stereocenters. The van der Waals surface area contributed by atoms with Crippen LogP contribution in [0, 0.1) is 0 Å². The van der Waals surface area contributed by atoms with Crippen LogP contribution in [0.15, 0.2) is 30.3 Å². The number of hydrogen-bond donors (Lipinski definition) is 2. The molecule has 0 aliphatic carbocycles. The first-order valence-electron chi connectivity index (χ1n) is 7.47. The monoisotopic (exact) mass is 311 g/mol. The zero-order valence-corrected chi connectivity index (χ0v) is 13.8. The third-order valence-electron chi connectivity index (χ3n) is 3.78. The van der Waals surface area contributed by atoms with Crippen LogP contribution in [0.2, 0.25) is 0 Å². The number of benzene rings is 1. The fourth-order valence-electron chi connectivity index (χ4n) is 2.67. The van der Waals surface area contributed by atoms with Crippen molar-refractivity contribution in [2.75, 3.05) is 11.5 Å². The first kappa shape index (κ1) is 16.2. The van der Waals surface area contributed by atoms with Crippen LogP contribution >= 0.6 is 23.5 Å². The van der Waals surface area contributed by atoms with Gasteiger partial charge >= 0.3 is 0 Å². The molecule has 0 saturated carbocycles. The molecule has 1 aromatic rings. The number of hydrogen-bond acceptors (Lipinski definition) is 4. The van der Waals surface area contributed by atoms with Gasteiger partial charge in [-0.15, -0.1) is 23.5 Å². The maximum atomic E-state index is 11.0. The Morgan fingerprint density at radius 3 is 2.45 bits per heavy atom. The van der Waals surface area contributed by atoms with E-state index in [0.717, 1.165) is 36.3 Å². The molecule has 1 heterocycles. The Balaban J connectivity index is 2.26. The van der Waals surface area contributed by atoms with E-state index in [1.54, 1.807) is 0 Å². The maximum Gasteiger partial charge on any atom is 0.141 e. The van der Waals surface area contributed by atoms with Crippen LogP contribution in [0.25, 0.3) is 0 Å². The highest BCUT2D eigenvalue weighted by molar-refractivity contribution is 8.18. The highest BCUT2D eigenvalue weighted by Gasteiger charge is 2.50. The SMILES string of the molecule is CCCCC[C@](N)(O)C1(c2ccccc2)SCCCS1. The summed E-state index contributed by atoms with van der Waals surface area (Å²) in [5.41, 5.74) is 6.41. The highest BCUT2D eigenvalue weighted by atomic mass is 32.2. The standard InChI is InChI=1S/C16H25NOS2/c1-2-3-7-11-15(17,18)16(19-12-8-13-20-16)14-9-5-4-6-10-14/h4-6,9-10,18H,2-3,7-8,11-13,17H2,1H3/t15-/m0/s1. The normalized spacial score (nSPS) is 21.4. The average Bonchev–Trinajstić information content (AvgIpc) is 2.49. The van der Waals surface area contributed by atoms with Crippen LogP contribution in [-0.4, -0.2) is 22.3 Å². The zero-order chi connectivity index (χ0) is 14.5. The molecular weight excluding hydrogens is 286 g/mol. The van der Waals surface area contributed by atoms with E-state index >= 15 is 0 Å². The molecule has 2 nitrogen and oxygen atoms in total. The second-order valence-corrected chi connectivity index (χ2v) is 8.29. The minimum absolute atomic E-state index is 0.416. The van der Waals surface area contributed by atoms with Crippen molar-refractivity contribution in [3.05, 3.63) is 35.9 Å². The van der Waals surface area contributed by atoms with Crippen molar-refractivity contribution in [3.63, 3.8) is 0 Å². The molecule has 2 rings (SSSR count). The van der Waals surface area contributed by atoms with Crippen LogP contribution in [0.5, 0.6) is 0 Å². The number of thioether (sulfide) groups is 2. The molecule has 0 unspecified atom stereocenters. The molecule has 0 spiro atoms. The van der Waals surface area contributed by atoms with Gasteiger partial charge in [-0.25, -0.2) is 0 Å². The van der Waals surface area contributed by atoms with Gasteiger partial charge in [0.2, 0.25) is 0 Å². The summed E-state index contributed by atoms with van der Waals surface area (Å²) < 4.78 is -0.416. The fraction of sp³-hybridized carbons (Fsp3) is 0.625. The van der Waals surface area contributed by atoms with Crippen molar-refractivity contribution in [2.45, 2.75) is 48.8 Å². The van der Waals surface area contributed by atoms with E-state index in [2.05, 4.69) is 19.1 Å². The fourth-order valence-corrected chi connectivity index (χ4v) is 6.14. The molecule has 0 radical (unpaired) electrons. The summed E-state index contributed by atoms with van der Waals surface area (Å²) in [4.78, 5) is 0. The molecule has 0 bridgehead atoms. The number of unbranched alkanes of at least 4 members (excludes halogenated alkanes) is 2. The Bertz CT molecular complexity index is 402. The first-order chi connectivity index (χ1) is 9.62. The molecule has 1 aliphatic heterocycles. The molecule has 1 aliphatic rings. The predicted molar refractivity (Wildman–Crippen MR) is 90.9 cm³/mol. The smallest absolute Gasteiger partial charge is 0.141 e. The van der Waals surface area contributed by atoms with Gasteiger partial charge in [0.05, 0.1) is 0 Å². The van der Waals surface area contributed by atoms with Crippen molar-refractivity contribution in [1.82, 2.24) is 0 Å². The summed E-state index contributed by atoms with van der Waals surface area (Å²) in [7, 11) is 0. The molecule has 1 fully saturated rings. The molecule has 20 heavy (non-hydrogen) atoms. The molecule has 0 aromatic heterocycles. The molecule has 112 valence electrons. The van der Waals surface area contributed by atoms with Crippen LogP contribution in [-0.2, 0) is 4.08 Å². The first-order valence-corrected chi connectivity index (χ1v) is 9.44. The molecular formula is C16H25NOS2. The molecule has 4 heteroatoms. The van der Waals surface area contributed by atoms with Crippen LogP contribution in [0.4, 0.5) is 0 Å². The molecule has 0 amide bonds. The zero-order valence-electron chi connectivity index (χ0n) is 12.2. The molecule has 1 saturated heterocycles. The Morgan fingerprint density at radius 2 is 1.85 bits per heavy atom. The van der Waals surface area contributed by atoms with Gasteiger partial charge in [0.25, 0.3) is 0 Å². The van der Waals surface area contributed by atoms with Gasteiger partial charge in [-0.2, -0.15) is 0 Å². The molecule has 1 aromatic carbocycles. The Labute approximate surface area is 130 Å². The van der Waals surface area contributed by atoms with E-state index in [1.165, 1.54) is 6.42 Å². The second-order valence-electron chi connectivity index (χ2n) is 5.41. The lowest BCUT2D eigenvalue weighted by Gasteiger charge is -2.46. The summed E-state index contributed by atoms with van der Waals surface area (Å²) in [6, 6.07) is 10.3. The van der Waals surface area contributed by atoms with E-state index in [9.17, 15) is 5.11 Å². The van der Waals surface area contributed by atoms with Gasteiger partial charge in [-0.3, -0.25) is 0 Å². The number of nitrogens with two attached hydrogens (primary N) is 1. The van der Waals surface area contributed by atoms with E-state index in [4.69, 9.17) is 5.73 Å². The minimum atomic E-state index is -1.15. The Hall–Kier alpha value is -0.160. The lowest BCUT2D eigenvalue weighted by Crippen LogP contribution is -2.56. The third-order valence-corrected chi connectivity index (χ3v) is 7.47. The van der Waals surface area contributed by atoms with Gasteiger partial charge in [0.15, 0.2) is 0 Å². The maximum absolute atomic E-state index is 11.0. The Kier molecular flexibility index (Phi) is 5.84. The van der Waals surface area contributed by atoms with Crippen molar-refractivity contribution in [2.24, 2.45) is 5.73 Å². The van der Waals surface area contributed by atoms with Crippen LogP contribution in [0.1, 0.15) is 44.6 Å². The van der Waals surface area contributed by atoms with E-state index in [0.29, 0.717) is 6.42 Å². The number of aliphatic hydroxyl groups is 1. The van der Waals surface area contributed by atoms with E-state index < -0.39 is 9.80 Å². The van der Waals surface area contributed by atoms with Crippen molar-refractivity contribution in [1.29, 1.82) is 0 Å². The quantitative estimate of drug-likeness (QED) is 0.617. The van der Waals surface area contributed by atoms with Gasteiger partial charge in [0, 0.05) is 0 Å². The van der Waals surface area contributed by atoms with Gasteiger partial charge < -0.3 is 10.8 Å². The molecule has 3 N–H and O–H groups in total. The van der Waals surface area contributed by atoms with Gasteiger partial charge in [-0.1, -0.05) is 50.1 Å². The summed E-state index contributed by atoms with van der Waals surface area (Å²) in [5, 5.41) is 11.0. The lowest BCUT2D eigenvalue weighted by atomic mass is 9.96.